The van der Waals surface area contributed by atoms with Gasteiger partial charge in [-0.1, -0.05) is 35.5 Å². The summed E-state index contributed by atoms with van der Waals surface area (Å²) in [4.78, 5) is 42.7. The molecule has 0 radical (unpaired) electrons. The van der Waals surface area contributed by atoms with Crippen molar-refractivity contribution in [2.45, 2.75) is 56.7 Å². The Labute approximate surface area is 274 Å². The van der Waals surface area contributed by atoms with E-state index in [-0.39, 0.29) is 29.9 Å². The number of amides is 3. The Kier molecular flexibility index (Phi) is 7.23. The fourth-order valence-electron chi connectivity index (χ4n) is 7.78. The minimum Gasteiger partial charge on any atom is -0.465 e. The molecule has 3 atom stereocenters. The Bertz CT molecular complexity index is 2100. The highest BCUT2D eigenvalue weighted by Crippen LogP contribution is 2.54. The highest BCUT2D eigenvalue weighted by Gasteiger charge is 2.54. The van der Waals surface area contributed by atoms with E-state index in [4.69, 9.17) is 9.40 Å². The SMILES string of the molecule is O=C(NCc1cn(C2CC3CCC2(NC(=O)c2c4c(nc5ccccc25)/C(=C\c2ccco2)CC4)C3)nn1)Nc1ccccc1[N+](=O)[O-]. The van der Waals surface area contributed by atoms with E-state index in [1.54, 1.807) is 18.5 Å². The number of aromatic nitrogens is 4. The molecule has 0 aliphatic heterocycles. The lowest BCUT2D eigenvalue weighted by Crippen LogP contribution is -2.51. The fraction of sp³-hybridized carbons (Fsp3) is 0.286. The molecule has 2 fully saturated rings. The van der Waals surface area contributed by atoms with Crippen LogP contribution in [0, 0.1) is 16.0 Å². The summed E-state index contributed by atoms with van der Waals surface area (Å²) in [6.45, 7) is 0.0744. The number of para-hydroxylation sites is 3. The van der Waals surface area contributed by atoms with Gasteiger partial charge in [0.25, 0.3) is 11.6 Å². The summed E-state index contributed by atoms with van der Waals surface area (Å²) >= 11 is 0. The van der Waals surface area contributed by atoms with Crippen LogP contribution in [0.4, 0.5) is 16.2 Å². The van der Waals surface area contributed by atoms with Crippen LogP contribution in [-0.4, -0.2) is 42.4 Å². The van der Waals surface area contributed by atoms with Gasteiger partial charge in [0.15, 0.2) is 0 Å². The van der Waals surface area contributed by atoms with E-state index in [1.165, 1.54) is 18.2 Å². The number of anilines is 1. The van der Waals surface area contributed by atoms with Crippen LogP contribution in [0.25, 0.3) is 22.6 Å². The van der Waals surface area contributed by atoms with Crippen molar-refractivity contribution in [3.63, 3.8) is 0 Å². The molecule has 2 bridgehead atoms. The summed E-state index contributed by atoms with van der Waals surface area (Å²) in [6, 6.07) is 16.8. The number of rotatable bonds is 8. The van der Waals surface area contributed by atoms with Crippen LogP contribution in [-0.2, 0) is 13.0 Å². The van der Waals surface area contributed by atoms with Gasteiger partial charge in [-0.05, 0) is 85.9 Å². The number of urea groups is 1. The van der Waals surface area contributed by atoms with Crippen molar-refractivity contribution < 1.29 is 18.9 Å². The molecule has 3 unspecified atom stereocenters. The molecule has 8 rings (SSSR count). The van der Waals surface area contributed by atoms with Gasteiger partial charge < -0.3 is 20.4 Å². The summed E-state index contributed by atoms with van der Waals surface area (Å²) in [5.74, 6) is 1.10. The monoisotopic (exact) mass is 644 g/mol. The lowest BCUT2D eigenvalue weighted by molar-refractivity contribution is -0.383. The van der Waals surface area contributed by atoms with E-state index >= 15 is 0 Å². The third-order valence-corrected chi connectivity index (χ3v) is 9.89. The highest BCUT2D eigenvalue weighted by atomic mass is 16.6. The number of benzene rings is 2. The van der Waals surface area contributed by atoms with Gasteiger partial charge in [0.1, 0.15) is 17.1 Å². The van der Waals surface area contributed by atoms with E-state index in [1.807, 2.05) is 47.2 Å². The summed E-state index contributed by atoms with van der Waals surface area (Å²) in [7, 11) is 0. The maximum absolute atomic E-state index is 14.4. The lowest BCUT2D eigenvalue weighted by atomic mass is 9.87. The first-order chi connectivity index (χ1) is 23.4. The topological polar surface area (TPSA) is 170 Å². The Balaban J connectivity index is 1.02. The number of nitrogens with one attached hydrogen (secondary N) is 3. The highest BCUT2D eigenvalue weighted by molar-refractivity contribution is 6.09. The van der Waals surface area contributed by atoms with Crippen molar-refractivity contribution in [3.05, 3.63) is 112 Å². The molecule has 0 spiro atoms. The number of nitro benzene ring substituents is 1. The first kappa shape index (κ1) is 29.5. The molecule has 242 valence electrons. The Morgan fingerprint density at radius 2 is 1.96 bits per heavy atom. The van der Waals surface area contributed by atoms with Crippen LogP contribution in [0.1, 0.15) is 71.2 Å². The van der Waals surface area contributed by atoms with E-state index in [2.05, 4.69) is 26.3 Å². The molecule has 3 aromatic heterocycles. The second-order valence-corrected chi connectivity index (χ2v) is 12.8. The van der Waals surface area contributed by atoms with Crippen LogP contribution in [0.3, 0.4) is 0 Å². The number of allylic oxidation sites excluding steroid dienone is 1. The van der Waals surface area contributed by atoms with Crippen LogP contribution in [0.2, 0.25) is 0 Å². The summed E-state index contributed by atoms with van der Waals surface area (Å²) in [6.07, 6.45) is 10.5. The van der Waals surface area contributed by atoms with Gasteiger partial charge >= 0.3 is 6.03 Å². The molecule has 2 saturated carbocycles. The van der Waals surface area contributed by atoms with Crippen molar-refractivity contribution in [1.82, 2.24) is 30.6 Å². The smallest absolute Gasteiger partial charge is 0.319 e. The number of hydrogen-bond acceptors (Lipinski definition) is 8. The standard InChI is InChI=1S/C35H32N8O5/c44-33(31-25-7-1-2-8-27(25)37-32-22(11-12-26(31)32)17-24-6-5-15-48-24)39-35-14-13-21(18-35)16-30(35)42-20-23(40-41-42)19-36-34(45)38-28-9-3-4-10-29(28)43(46)47/h1-10,15,17,20-21,30H,11-14,16,18-19H2,(H,39,44)(H2,36,38,45)/b22-17-. The van der Waals surface area contributed by atoms with Crippen LogP contribution in [0.5, 0.6) is 0 Å². The largest absolute Gasteiger partial charge is 0.465 e. The van der Waals surface area contributed by atoms with Gasteiger partial charge in [-0.15, -0.1) is 5.10 Å². The molecule has 3 aliphatic carbocycles. The minimum atomic E-state index is -0.596. The number of hydrogen-bond donors (Lipinski definition) is 3. The minimum absolute atomic E-state index is 0.0744. The maximum Gasteiger partial charge on any atom is 0.319 e. The van der Waals surface area contributed by atoms with Gasteiger partial charge in [0.05, 0.1) is 52.3 Å². The second kappa shape index (κ2) is 11.7. The normalized spacial score (nSPS) is 21.8. The first-order valence-electron chi connectivity index (χ1n) is 16.0. The van der Waals surface area contributed by atoms with Gasteiger partial charge in [-0.25, -0.2) is 14.5 Å². The van der Waals surface area contributed by atoms with E-state index in [9.17, 15) is 19.7 Å². The van der Waals surface area contributed by atoms with Gasteiger partial charge in [-0.3, -0.25) is 14.9 Å². The molecule has 3 N–H and O–H groups in total. The van der Waals surface area contributed by atoms with Crippen molar-refractivity contribution in [2.75, 3.05) is 5.32 Å². The fourth-order valence-corrected chi connectivity index (χ4v) is 7.78. The molecule has 48 heavy (non-hydrogen) atoms. The van der Waals surface area contributed by atoms with Crippen LogP contribution < -0.4 is 16.0 Å². The average Bonchev–Trinajstić information content (AvgIpc) is 3.93. The van der Waals surface area contributed by atoms with Crippen molar-refractivity contribution in [1.29, 1.82) is 0 Å². The third-order valence-electron chi connectivity index (χ3n) is 9.89. The first-order valence-corrected chi connectivity index (χ1v) is 16.0. The Morgan fingerprint density at radius 1 is 1.10 bits per heavy atom. The van der Waals surface area contributed by atoms with Crippen LogP contribution >= 0.6 is 0 Å². The Hall–Kier alpha value is -5.85. The van der Waals surface area contributed by atoms with E-state index < -0.39 is 16.5 Å². The molecule has 3 amide bonds. The molecule has 5 aromatic rings. The Morgan fingerprint density at radius 3 is 2.79 bits per heavy atom. The molecule has 0 saturated heterocycles. The number of fused-ring (bicyclic) bond motifs is 4. The van der Waals surface area contributed by atoms with Crippen molar-refractivity contribution >= 4 is 45.9 Å². The zero-order valence-electron chi connectivity index (χ0n) is 25.9. The number of nitrogens with zero attached hydrogens (tertiary/aromatic N) is 5. The van der Waals surface area contributed by atoms with Crippen LogP contribution in [0.15, 0.2) is 77.5 Å². The number of furan rings is 1. The predicted molar refractivity (Wildman–Crippen MR) is 177 cm³/mol. The zero-order chi connectivity index (χ0) is 32.8. The van der Waals surface area contributed by atoms with Crippen molar-refractivity contribution in [3.8, 4) is 0 Å². The molecule has 3 heterocycles. The molecular formula is C35H32N8O5. The van der Waals surface area contributed by atoms with Gasteiger partial charge in [-0.2, -0.15) is 0 Å². The molecule has 3 aliphatic rings. The summed E-state index contributed by atoms with van der Waals surface area (Å²) in [5.41, 5.74) is 4.25. The average molecular weight is 645 g/mol. The predicted octanol–water partition coefficient (Wildman–Crippen LogP) is 6.05. The molecule has 2 aromatic carbocycles. The lowest BCUT2D eigenvalue weighted by Gasteiger charge is -2.36. The van der Waals surface area contributed by atoms with Gasteiger partial charge in [0, 0.05) is 11.5 Å². The number of nitro groups is 1. The summed E-state index contributed by atoms with van der Waals surface area (Å²) in [5, 5.41) is 29.6. The molecule has 13 heteroatoms. The number of carbonyl (C=O) groups is 2. The zero-order valence-corrected chi connectivity index (χ0v) is 25.9. The third kappa shape index (κ3) is 5.26. The molecular weight excluding hydrogens is 612 g/mol. The number of pyridine rings is 1. The van der Waals surface area contributed by atoms with E-state index in [0.717, 1.165) is 65.6 Å². The van der Waals surface area contributed by atoms with Gasteiger partial charge in [0.2, 0.25) is 0 Å². The summed E-state index contributed by atoms with van der Waals surface area (Å²) < 4.78 is 7.39. The maximum atomic E-state index is 14.4. The quantitative estimate of drug-likeness (QED) is 0.135. The van der Waals surface area contributed by atoms with E-state index in [0.29, 0.717) is 23.6 Å². The molecule has 13 nitrogen and oxygen atoms in total. The van der Waals surface area contributed by atoms with Crippen molar-refractivity contribution in [2.24, 2.45) is 5.92 Å². The second-order valence-electron chi connectivity index (χ2n) is 12.8. The number of carbonyl (C=O) groups excluding carboxylic acids is 2.